The summed E-state index contributed by atoms with van der Waals surface area (Å²) < 4.78 is 0. The van der Waals surface area contributed by atoms with Crippen molar-refractivity contribution in [1.29, 1.82) is 5.26 Å². The summed E-state index contributed by atoms with van der Waals surface area (Å²) in [5.74, 6) is 1.15. The van der Waals surface area contributed by atoms with Gasteiger partial charge in [0, 0.05) is 34.3 Å². The van der Waals surface area contributed by atoms with Gasteiger partial charge in [-0.2, -0.15) is 0 Å². The van der Waals surface area contributed by atoms with Crippen LogP contribution in [0.3, 0.4) is 0 Å². The van der Waals surface area contributed by atoms with E-state index < -0.39 is 5.89 Å². The molecule has 44 valence electrons. The van der Waals surface area contributed by atoms with Gasteiger partial charge in [0.25, 0.3) is 5.81 Å². The van der Waals surface area contributed by atoms with Crippen LogP contribution in [0.25, 0.3) is 0 Å². The lowest BCUT2D eigenvalue weighted by Gasteiger charge is -2.08. The van der Waals surface area contributed by atoms with Crippen LogP contribution >= 0.6 is 28.7 Å². The van der Waals surface area contributed by atoms with Crippen LogP contribution in [0.15, 0.2) is 0 Å². The molecule has 5 heteroatoms. The molecule has 1 aliphatic heterocycles. The average molecular weight is 165 g/mol. The van der Waals surface area contributed by atoms with Gasteiger partial charge in [-0.05, 0) is 0 Å². The molecular formula is C3H4NOPS2. The average Bonchev–Trinajstić information content (AvgIpc) is 2.17. The molecule has 0 N–H and O–H groups in total. The van der Waals surface area contributed by atoms with Crippen LogP contribution in [0, 0.1) is 11.1 Å². The highest BCUT2D eigenvalue weighted by Crippen LogP contribution is 2.75. The van der Waals surface area contributed by atoms with E-state index in [4.69, 9.17) is 5.26 Å². The minimum Gasteiger partial charge on any atom is -0.649 e. The van der Waals surface area contributed by atoms with E-state index in [9.17, 15) is 4.89 Å². The van der Waals surface area contributed by atoms with Crippen molar-refractivity contribution >= 4 is 28.7 Å². The normalized spacial score (nSPS) is 25.0. The van der Waals surface area contributed by atoms with Crippen molar-refractivity contribution in [2.24, 2.45) is 0 Å². The lowest BCUT2D eigenvalue weighted by molar-refractivity contribution is -0.153. The molecule has 0 aliphatic carbocycles. The Morgan fingerprint density at radius 2 is 2.00 bits per heavy atom. The number of nitriles is 1. The van der Waals surface area contributed by atoms with Crippen LogP contribution in [-0.2, 0) is 0 Å². The molecule has 0 saturated carbocycles. The lowest BCUT2D eigenvalue weighted by atomic mass is 11.0. The van der Waals surface area contributed by atoms with Crippen molar-refractivity contribution in [2.45, 2.75) is 0 Å². The summed E-state index contributed by atoms with van der Waals surface area (Å²) >= 11 is 2.60. The first kappa shape index (κ1) is 6.70. The van der Waals surface area contributed by atoms with Crippen LogP contribution in [-0.4, -0.2) is 11.5 Å². The number of hydrogen-bond acceptors (Lipinski definition) is 4. The maximum atomic E-state index is 10.9. The second-order valence-electron chi connectivity index (χ2n) is 1.26. The van der Waals surface area contributed by atoms with Gasteiger partial charge >= 0.3 is 0 Å². The smallest absolute Gasteiger partial charge is 0.258 e. The lowest BCUT2D eigenvalue weighted by Crippen LogP contribution is -1.94. The molecule has 1 rings (SSSR count). The summed E-state index contributed by atoms with van der Waals surface area (Å²) in [6, 6.07) is 0. The summed E-state index contributed by atoms with van der Waals surface area (Å²) in [5, 5.41) is 8.27. The zero-order chi connectivity index (χ0) is 6.04. The summed E-state index contributed by atoms with van der Waals surface area (Å²) in [7, 11) is 0. The largest absolute Gasteiger partial charge is 0.649 e. The van der Waals surface area contributed by atoms with E-state index >= 15 is 0 Å². The van der Waals surface area contributed by atoms with E-state index in [2.05, 4.69) is 0 Å². The van der Waals surface area contributed by atoms with Crippen molar-refractivity contribution in [1.82, 2.24) is 0 Å². The van der Waals surface area contributed by atoms with Gasteiger partial charge in [-0.25, -0.2) is 0 Å². The maximum absolute atomic E-state index is 10.9. The van der Waals surface area contributed by atoms with Gasteiger partial charge in [0.1, 0.15) is 0 Å². The van der Waals surface area contributed by atoms with Crippen molar-refractivity contribution < 1.29 is 4.89 Å². The number of rotatable bonds is 0. The first-order valence-corrected chi connectivity index (χ1v) is 6.96. The zero-order valence-electron chi connectivity index (χ0n) is 4.03. The number of hydrogen-bond donors (Lipinski definition) is 0. The standard InChI is InChI=1S/C3H4NOPS2/c4-3-6(5)7-1-2-8-6/h1-2H2. The third-order valence-electron chi connectivity index (χ3n) is 0.728. The first-order chi connectivity index (χ1) is 3.77. The van der Waals surface area contributed by atoms with E-state index in [-0.39, 0.29) is 0 Å². The van der Waals surface area contributed by atoms with Crippen molar-refractivity contribution in [3.05, 3.63) is 0 Å². The SMILES string of the molecule is N#C[P+]1([O-])SCCS1. The fourth-order valence-corrected chi connectivity index (χ4v) is 7.04. The minimum atomic E-state index is -2.41. The molecule has 0 aromatic rings. The van der Waals surface area contributed by atoms with Crippen molar-refractivity contribution in [2.75, 3.05) is 11.5 Å². The van der Waals surface area contributed by atoms with Gasteiger partial charge in [0.15, 0.2) is 5.89 Å². The topological polar surface area (TPSA) is 46.8 Å². The molecular weight excluding hydrogens is 161 g/mol. The zero-order valence-corrected chi connectivity index (χ0v) is 6.56. The van der Waals surface area contributed by atoms with E-state index in [0.717, 1.165) is 11.5 Å². The Morgan fingerprint density at radius 1 is 1.50 bits per heavy atom. The summed E-state index contributed by atoms with van der Waals surface area (Å²) in [5.41, 5.74) is 0. The predicted molar refractivity (Wildman–Crippen MR) is 37.4 cm³/mol. The highest BCUT2D eigenvalue weighted by atomic mass is 33.1. The first-order valence-electron chi connectivity index (χ1n) is 2.07. The van der Waals surface area contributed by atoms with Crippen molar-refractivity contribution in [3.8, 4) is 5.81 Å². The Labute approximate surface area is 56.6 Å². The fraction of sp³-hybridized carbons (Fsp3) is 0.667. The van der Waals surface area contributed by atoms with Crippen LogP contribution in [0.1, 0.15) is 0 Å². The van der Waals surface area contributed by atoms with E-state index in [1.807, 2.05) is 5.81 Å². The number of nitrogens with zero attached hydrogens (tertiary/aromatic N) is 1. The molecule has 0 amide bonds. The molecule has 8 heavy (non-hydrogen) atoms. The Balaban J connectivity index is 2.56. The maximum Gasteiger partial charge on any atom is 0.258 e. The molecule has 0 atom stereocenters. The van der Waals surface area contributed by atoms with Gasteiger partial charge in [-0.15, -0.1) is 5.26 Å². The molecule has 1 fully saturated rings. The van der Waals surface area contributed by atoms with Crippen molar-refractivity contribution in [3.63, 3.8) is 0 Å². The van der Waals surface area contributed by atoms with E-state index in [1.165, 1.54) is 22.8 Å². The molecule has 0 aromatic heterocycles. The van der Waals surface area contributed by atoms with E-state index in [1.54, 1.807) is 0 Å². The second kappa shape index (κ2) is 2.45. The van der Waals surface area contributed by atoms with Gasteiger partial charge in [0.05, 0.1) is 0 Å². The Morgan fingerprint density at radius 3 is 2.25 bits per heavy atom. The monoisotopic (exact) mass is 165 g/mol. The summed E-state index contributed by atoms with van der Waals surface area (Å²) in [6.45, 7) is 0. The minimum absolute atomic E-state index is 0.871. The van der Waals surface area contributed by atoms with Gasteiger partial charge in [-0.3, -0.25) is 0 Å². The molecule has 0 radical (unpaired) electrons. The van der Waals surface area contributed by atoms with Crippen LogP contribution in [0.4, 0.5) is 0 Å². The molecule has 0 unspecified atom stereocenters. The highest BCUT2D eigenvalue weighted by molar-refractivity contribution is 8.95. The molecule has 1 aliphatic rings. The summed E-state index contributed by atoms with van der Waals surface area (Å²) in [4.78, 5) is 10.9. The van der Waals surface area contributed by atoms with Gasteiger partial charge < -0.3 is 4.89 Å². The third kappa shape index (κ3) is 1.29. The Hall–Kier alpha value is 0.580. The fourth-order valence-electron chi connectivity index (χ4n) is 0.410. The van der Waals surface area contributed by atoms with E-state index in [0.29, 0.717) is 0 Å². The van der Waals surface area contributed by atoms with Crippen LogP contribution in [0.2, 0.25) is 0 Å². The molecule has 0 aromatic carbocycles. The third-order valence-corrected chi connectivity index (χ3v) is 8.21. The van der Waals surface area contributed by atoms with Crippen LogP contribution < -0.4 is 4.89 Å². The second-order valence-corrected chi connectivity index (χ2v) is 9.12. The Bertz CT molecular complexity index is 128. The molecule has 1 saturated heterocycles. The van der Waals surface area contributed by atoms with Crippen LogP contribution in [0.5, 0.6) is 0 Å². The molecule has 2 nitrogen and oxygen atoms in total. The highest BCUT2D eigenvalue weighted by Gasteiger charge is 2.35. The molecule has 1 heterocycles. The predicted octanol–water partition coefficient (Wildman–Crippen LogP) is 1.07. The van der Waals surface area contributed by atoms with Gasteiger partial charge in [0.2, 0.25) is 0 Å². The quantitative estimate of drug-likeness (QED) is 0.504. The summed E-state index contributed by atoms with van der Waals surface area (Å²) in [6.07, 6.45) is 0. The molecule has 0 spiro atoms. The Kier molecular flexibility index (Phi) is 2.05. The molecule has 0 bridgehead atoms. The van der Waals surface area contributed by atoms with Gasteiger partial charge in [-0.1, -0.05) is 0 Å².